The molecule has 2 aromatic carbocycles. The zero-order valence-corrected chi connectivity index (χ0v) is 18.9. The molecule has 0 atom stereocenters. The fourth-order valence-electron chi connectivity index (χ4n) is 3.88. The molecule has 0 unspecified atom stereocenters. The number of hydrogen-bond donors (Lipinski definition) is 2. The number of aliphatic hydroxyl groups is 1. The van der Waals surface area contributed by atoms with Crippen LogP contribution in [0.2, 0.25) is 0 Å². The fourth-order valence-corrected chi connectivity index (χ4v) is 3.88. The molecule has 3 aromatic rings. The number of aryl methyl sites for hydroxylation is 1. The van der Waals surface area contributed by atoms with Crippen LogP contribution in [-0.4, -0.2) is 45.4 Å². The number of aromatic nitrogens is 2. The molecule has 1 fully saturated rings. The van der Waals surface area contributed by atoms with E-state index < -0.39 is 24.0 Å². The molecular weight excluding hydrogens is 446 g/mol. The summed E-state index contributed by atoms with van der Waals surface area (Å²) in [5.74, 6) is -0.672. The SMILES string of the molecule is CC1(C)CCN(c2ccc3[nH]/c(=N\C(=O)c4cccc(C(F)F)c4)n(CCCO)c3c2)C(=O)O1. The van der Waals surface area contributed by atoms with E-state index in [-0.39, 0.29) is 23.4 Å². The third-order valence-corrected chi connectivity index (χ3v) is 5.74. The maximum atomic E-state index is 13.0. The van der Waals surface area contributed by atoms with Gasteiger partial charge in [-0.15, -0.1) is 0 Å². The lowest BCUT2D eigenvalue weighted by molar-refractivity contribution is 0.0236. The largest absolute Gasteiger partial charge is 0.443 e. The topological polar surface area (TPSA) is 99.9 Å². The van der Waals surface area contributed by atoms with E-state index in [1.165, 1.54) is 18.2 Å². The van der Waals surface area contributed by atoms with Gasteiger partial charge in [-0.1, -0.05) is 12.1 Å². The number of cyclic esters (lactones) is 1. The molecular formula is C24H26F2N4O4. The van der Waals surface area contributed by atoms with E-state index in [2.05, 4.69) is 9.98 Å². The summed E-state index contributed by atoms with van der Waals surface area (Å²) in [5, 5.41) is 9.35. The van der Waals surface area contributed by atoms with Gasteiger partial charge in [0.2, 0.25) is 5.62 Å². The minimum Gasteiger partial charge on any atom is -0.443 e. The summed E-state index contributed by atoms with van der Waals surface area (Å²) in [6, 6.07) is 10.5. The summed E-state index contributed by atoms with van der Waals surface area (Å²) in [7, 11) is 0. The maximum Gasteiger partial charge on any atom is 0.414 e. The number of nitrogens with zero attached hydrogens (tertiary/aromatic N) is 3. The number of fused-ring (bicyclic) bond motifs is 1. The molecule has 2 N–H and O–H groups in total. The first-order valence-corrected chi connectivity index (χ1v) is 11.0. The molecule has 1 saturated heterocycles. The van der Waals surface area contributed by atoms with Crippen LogP contribution in [0.15, 0.2) is 47.5 Å². The van der Waals surface area contributed by atoms with E-state index in [9.17, 15) is 23.5 Å². The maximum absolute atomic E-state index is 13.0. The van der Waals surface area contributed by atoms with Crippen LogP contribution >= 0.6 is 0 Å². The molecule has 34 heavy (non-hydrogen) atoms. The van der Waals surface area contributed by atoms with Gasteiger partial charge in [-0.05, 0) is 50.6 Å². The van der Waals surface area contributed by atoms with Crippen LogP contribution in [0.1, 0.15) is 49.0 Å². The van der Waals surface area contributed by atoms with Crippen LogP contribution in [0.25, 0.3) is 11.0 Å². The molecule has 1 aliphatic rings. The molecule has 1 aliphatic heterocycles. The predicted octanol–water partition coefficient (Wildman–Crippen LogP) is 4.16. The number of aliphatic hydroxyl groups excluding tert-OH is 1. The second-order valence-electron chi connectivity index (χ2n) is 8.75. The number of halogens is 2. The van der Waals surface area contributed by atoms with Gasteiger partial charge in [0.1, 0.15) is 5.60 Å². The fraction of sp³-hybridized carbons (Fsp3) is 0.375. The summed E-state index contributed by atoms with van der Waals surface area (Å²) < 4.78 is 33.3. The first-order chi connectivity index (χ1) is 16.2. The number of amides is 2. The number of hydrogen-bond acceptors (Lipinski definition) is 4. The zero-order valence-electron chi connectivity index (χ0n) is 18.9. The highest BCUT2D eigenvalue weighted by atomic mass is 19.3. The Morgan fingerprint density at radius 2 is 2.06 bits per heavy atom. The summed E-state index contributed by atoms with van der Waals surface area (Å²) >= 11 is 0. The van der Waals surface area contributed by atoms with Gasteiger partial charge in [0.05, 0.1) is 11.0 Å². The van der Waals surface area contributed by atoms with Crippen LogP contribution in [0, 0.1) is 0 Å². The molecule has 2 amide bonds. The van der Waals surface area contributed by atoms with E-state index in [0.29, 0.717) is 42.7 Å². The molecule has 2 heterocycles. The van der Waals surface area contributed by atoms with Crippen molar-refractivity contribution in [2.75, 3.05) is 18.1 Å². The monoisotopic (exact) mass is 472 g/mol. The van der Waals surface area contributed by atoms with Gasteiger partial charge in [0, 0.05) is 42.9 Å². The van der Waals surface area contributed by atoms with E-state index in [4.69, 9.17) is 4.74 Å². The first kappa shape index (κ1) is 23.6. The quantitative estimate of drug-likeness (QED) is 0.563. The highest BCUT2D eigenvalue weighted by molar-refractivity contribution is 5.95. The van der Waals surface area contributed by atoms with E-state index >= 15 is 0 Å². The Hall–Kier alpha value is -3.53. The van der Waals surface area contributed by atoms with E-state index in [1.54, 1.807) is 27.7 Å². The number of H-pyrrole nitrogens is 1. The van der Waals surface area contributed by atoms with Gasteiger partial charge >= 0.3 is 6.09 Å². The van der Waals surface area contributed by atoms with E-state index in [1.807, 2.05) is 13.8 Å². The second-order valence-corrected chi connectivity index (χ2v) is 8.75. The average molecular weight is 472 g/mol. The lowest BCUT2D eigenvalue weighted by Gasteiger charge is -2.36. The smallest absolute Gasteiger partial charge is 0.414 e. The Morgan fingerprint density at radius 3 is 2.76 bits per heavy atom. The van der Waals surface area contributed by atoms with Crippen molar-refractivity contribution in [1.82, 2.24) is 9.55 Å². The number of benzene rings is 2. The zero-order chi connectivity index (χ0) is 24.5. The Bertz CT molecular complexity index is 1300. The number of alkyl halides is 2. The van der Waals surface area contributed by atoms with Gasteiger partial charge in [0.25, 0.3) is 12.3 Å². The molecule has 0 bridgehead atoms. The number of rotatable bonds is 6. The van der Waals surface area contributed by atoms with Crippen LogP contribution in [-0.2, 0) is 11.3 Å². The minimum absolute atomic E-state index is 0.0459. The minimum atomic E-state index is -2.69. The Morgan fingerprint density at radius 1 is 1.26 bits per heavy atom. The highest BCUT2D eigenvalue weighted by Gasteiger charge is 2.33. The first-order valence-electron chi connectivity index (χ1n) is 11.0. The third-order valence-electron chi connectivity index (χ3n) is 5.74. The number of aromatic amines is 1. The average Bonchev–Trinajstić information content (AvgIpc) is 3.13. The van der Waals surface area contributed by atoms with Crippen molar-refractivity contribution in [3.63, 3.8) is 0 Å². The van der Waals surface area contributed by atoms with Gasteiger partial charge in [-0.25, -0.2) is 13.6 Å². The summed E-state index contributed by atoms with van der Waals surface area (Å²) in [4.78, 5) is 34.0. The molecule has 180 valence electrons. The predicted molar refractivity (Wildman–Crippen MR) is 122 cm³/mol. The molecule has 10 heteroatoms. The molecule has 0 radical (unpaired) electrons. The number of anilines is 1. The van der Waals surface area contributed by atoms with Crippen LogP contribution in [0.4, 0.5) is 19.3 Å². The lowest BCUT2D eigenvalue weighted by atomic mass is 10.0. The standard InChI is InChI=1S/C24H26F2N4O4/c1-24(2)9-11-29(23(33)34-24)17-7-8-18-19(14-17)30(10-4-12-31)22(27-18)28-21(32)16-6-3-5-15(13-16)20(25)26/h3,5-8,13-14,20,31H,4,9-12H2,1-2H3,(H,27,28,32). The van der Waals surface area contributed by atoms with Gasteiger partial charge in [0.15, 0.2) is 0 Å². The van der Waals surface area contributed by atoms with Crippen molar-refractivity contribution in [1.29, 1.82) is 0 Å². The van der Waals surface area contributed by atoms with Crippen molar-refractivity contribution in [3.05, 3.63) is 59.2 Å². The number of ether oxygens (including phenoxy) is 1. The molecule has 8 nitrogen and oxygen atoms in total. The number of imidazole rings is 1. The molecule has 0 saturated carbocycles. The highest BCUT2D eigenvalue weighted by Crippen LogP contribution is 2.28. The van der Waals surface area contributed by atoms with Gasteiger partial charge < -0.3 is 19.4 Å². The van der Waals surface area contributed by atoms with Crippen molar-refractivity contribution in [2.45, 2.75) is 45.3 Å². The number of carbonyl (C=O) groups is 2. The Balaban J connectivity index is 1.75. The van der Waals surface area contributed by atoms with Crippen molar-refractivity contribution in [2.24, 2.45) is 4.99 Å². The van der Waals surface area contributed by atoms with Crippen LogP contribution in [0.3, 0.4) is 0 Å². The summed E-state index contributed by atoms with van der Waals surface area (Å²) in [5.41, 5.74) is 1.46. The normalized spacial score (nSPS) is 16.4. The van der Waals surface area contributed by atoms with E-state index in [0.717, 1.165) is 6.07 Å². The molecule has 1 aromatic heterocycles. The third kappa shape index (κ3) is 4.86. The Labute approximate surface area is 194 Å². The van der Waals surface area contributed by atoms with Crippen LogP contribution < -0.4 is 10.5 Å². The second kappa shape index (κ2) is 9.38. The summed E-state index contributed by atoms with van der Waals surface area (Å²) in [6.07, 6.45) is -2.06. The van der Waals surface area contributed by atoms with Crippen molar-refractivity contribution in [3.8, 4) is 0 Å². The number of nitrogens with one attached hydrogen (secondary N) is 1. The van der Waals surface area contributed by atoms with Crippen LogP contribution in [0.5, 0.6) is 0 Å². The number of carbonyl (C=O) groups excluding carboxylic acids is 2. The lowest BCUT2D eigenvalue weighted by Crippen LogP contribution is -2.46. The van der Waals surface area contributed by atoms with Crippen molar-refractivity contribution < 1.29 is 28.2 Å². The summed E-state index contributed by atoms with van der Waals surface area (Å²) in [6.45, 7) is 4.50. The van der Waals surface area contributed by atoms with Crippen molar-refractivity contribution >= 4 is 28.7 Å². The Kier molecular flexibility index (Phi) is 6.52. The molecule has 0 spiro atoms. The van der Waals surface area contributed by atoms with Gasteiger partial charge in [-0.3, -0.25) is 9.69 Å². The van der Waals surface area contributed by atoms with Gasteiger partial charge in [-0.2, -0.15) is 4.99 Å². The molecule has 4 rings (SSSR count). The molecule has 0 aliphatic carbocycles.